The standard InChI is InChI=1S/C20H37ClOSi/c1-15-16(2)18(4)19(17(15)3)23(8,21)14-12-10-9-11-13-22-20(5,6)7/h19H,9-14H2,1-8H3. The van der Waals surface area contributed by atoms with Crippen molar-refractivity contribution in [2.45, 2.75) is 97.9 Å². The minimum atomic E-state index is -1.75. The molecule has 0 saturated carbocycles. The first-order valence-electron chi connectivity index (χ1n) is 9.15. The van der Waals surface area contributed by atoms with E-state index < -0.39 is 7.38 Å². The maximum Gasteiger partial charge on any atom is 0.164 e. The molecule has 1 atom stereocenters. The summed E-state index contributed by atoms with van der Waals surface area (Å²) in [6.45, 7) is 18.7. The van der Waals surface area contributed by atoms with Gasteiger partial charge in [0.1, 0.15) is 0 Å². The van der Waals surface area contributed by atoms with E-state index in [1.54, 1.807) is 0 Å². The molecule has 0 heterocycles. The van der Waals surface area contributed by atoms with E-state index in [9.17, 15) is 0 Å². The van der Waals surface area contributed by atoms with E-state index in [0.717, 1.165) is 13.0 Å². The zero-order valence-electron chi connectivity index (χ0n) is 16.6. The van der Waals surface area contributed by atoms with Crippen LogP contribution in [0.25, 0.3) is 0 Å². The van der Waals surface area contributed by atoms with Crippen molar-refractivity contribution in [3.8, 4) is 0 Å². The van der Waals surface area contributed by atoms with Gasteiger partial charge in [-0.05, 0) is 72.1 Å². The maximum absolute atomic E-state index is 7.11. The molecule has 0 aliphatic heterocycles. The molecule has 0 aromatic heterocycles. The van der Waals surface area contributed by atoms with Crippen LogP contribution in [0.3, 0.4) is 0 Å². The van der Waals surface area contributed by atoms with Crippen LogP contribution in [0.2, 0.25) is 18.1 Å². The zero-order valence-corrected chi connectivity index (χ0v) is 18.4. The SMILES string of the molecule is CC1=C(C)C([Si](C)(Cl)CCCCCCOC(C)(C)C)C(C)=C1C. The van der Waals surface area contributed by atoms with E-state index in [4.69, 9.17) is 15.8 Å². The Morgan fingerprint density at radius 2 is 1.39 bits per heavy atom. The Kier molecular flexibility index (Phi) is 7.63. The lowest BCUT2D eigenvalue weighted by Crippen LogP contribution is -2.30. The van der Waals surface area contributed by atoms with Crippen molar-refractivity contribution < 1.29 is 4.74 Å². The smallest absolute Gasteiger partial charge is 0.164 e. The summed E-state index contributed by atoms with van der Waals surface area (Å²) in [6.07, 6.45) is 4.96. The lowest BCUT2D eigenvalue weighted by molar-refractivity contribution is -0.00471. The lowest BCUT2D eigenvalue weighted by atomic mass is 10.1. The summed E-state index contributed by atoms with van der Waals surface area (Å²) in [7, 11) is -1.75. The van der Waals surface area contributed by atoms with E-state index in [1.165, 1.54) is 47.6 Å². The third kappa shape index (κ3) is 6.06. The molecule has 0 aromatic carbocycles. The molecule has 23 heavy (non-hydrogen) atoms. The Morgan fingerprint density at radius 1 is 0.913 bits per heavy atom. The van der Waals surface area contributed by atoms with Gasteiger partial charge in [-0.15, -0.1) is 0 Å². The number of rotatable bonds is 8. The molecule has 1 unspecified atom stereocenters. The summed E-state index contributed by atoms with van der Waals surface area (Å²) >= 11 is 7.11. The fourth-order valence-corrected chi connectivity index (χ4v) is 8.55. The molecule has 0 N–H and O–H groups in total. The van der Waals surface area contributed by atoms with Gasteiger partial charge in [-0.2, -0.15) is 11.1 Å². The third-order valence-corrected chi connectivity index (χ3v) is 9.93. The van der Waals surface area contributed by atoms with E-state index in [2.05, 4.69) is 55.0 Å². The molecule has 1 rings (SSSR count). The molecule has 1 nitrogen and oxygen atoms in total. The van der Waals surface area contributed by atoms with Crippen LogP contribution in [0.5, 0.6) is 0 Å². The van der Waals surface area contributed by atoms with Crippen LogP contribution >= 0.6 is 11.1 Å². The fourth-order valence-electron chi connectivity index (χ4n) is 3.70. The van der Waals surface area contributed by atoms with Crippen LogP contribution < -0.4 is 0 Å². The minimum absolute atomic E-state index is 0.00641. The summed E-state index contributed by atoms with van der Waals surface area (Å²) in [4.78, 5) is 0. The predicted octanol–water partition coefficient (Wildman–Crippen LogP) is 7.23. The van der Waals surface area contributed by atoms with Crippen LogP contribution in [-0.2, 0) is 4.74 Å². The van der Waals surface area contributed by atoms with Crippen molar-refractivity contribution in [2.75, 3.05) is 6.61 Å². The number of hydrogen-bond donors (Lipinski definition) is 0. The number of allylic oxidation sites excluding steroid dienone is 4. The molecule has 1 aliphatic rings. The van der Waals surface area contributed by atoms with Gasteiger partial charge in [-0.25, -0.2) is 0 Å². The molecule has 0 saturated heterocycles. The molecule has 0 bridgehead atoms. The first-order chi connectivity index (χ1) is 10.5. The van der Waals surface area contributed by atoms with Crippen molar-refractivity contribution in [1.82, 2.24) is 0 Å². The van der Waals surface area contributed by atoms with Crippen LogP contribution in [0, 0.1) is 0 Å². The molecule has 1 aliphatic carbocycles. The van der Waals surface area contributed by atoms with Gasteiger partial charge in [-0.1, -0.05) is 37.0 Å². The largest absolute Gasteiger partial charge is 0.376 e. The van der Waals surface area contributed by atoms with Crippen LogP contribution in [0.1, 0.15) is 74.1 Å². The highest BCUT2D eigenvalue weighted by molar-refractivity contribution is 7.21. The summed E-state index contributed by atoms with van der Waals surface area (Å²) in [5, 5.41) is 0. The molecule has 0 fully saturated rings. The van der Waals surface area contributed by atoms with Gasteiger partial charge >= 0.3 is 0 Å². The Bertz CT molecular complexity index is 445. The molecule has 0 radical (unpaired) electrons. The van der Waals surface area contributed by atoms with Crippen LogP contribution in [0.4, 0.5) is 0 Å². The molecule has 134 valence electrons. The summed E-state index contributed by atoms with van der Waals surface area (Å²) in [6, 6.07) is 1.22. The first-order valence-corrected chi connectivity index (χ1v) is 12.9. The second-order valence-electron chi connectivity index (χ2n) is 8.45. The van der Waals surface area contributed by atoms with E-state index in [1.807, 2.05) is 0 Å². The lowest BCUT2D eigenvalue weighted by Gasteiger charge is -2.30. The molecule has 3 heteroatoms. The van der Waals surface area contributed by atoms with Crippen molar-refractivity contribution in [3.05, 3.63) is 22.3 Å². The summed E-state index contributed by atoms with van der Waals surface area (Å²) < 4.78 is 5.78. The van der Waals surface area contributed by atoms with Crippen molar-refractivity contribution in [1.29, 1.82) is 0 Å². The number of ether oxygens (including phenoxy) is 1. The fraction of sp³-hybridized carbons (Fsp3) is 0.800. The molecular weight excluding hydrogens is 320 g/mol. The monoisotopic (exact) mass is 356 g/mol. The van der Waals surface area contributed by atoms with Crippen LogP contribution in [-0.4, -0.2) is 19.6 Å². The van der Waals surface area contributed by atoms with Gasteiger partial charge in [0, 0.05) is 12.1 Å². The van der Waals surface area contributed by atoms with Gasteiger partial charge in [-0.3, -0.25) is 0 Å². The topological polar surface area (TPSA) is 9.23 Å². The highest BCUT2D eigenvalue weighted by atomic mass is 35.6. The van der Waals surface area contributed by atoms with Gasteiger partial charge in [0.05, 0.1) is 5.60 Å². The average molecular weight is 357 g/mol. The predicted molar refractivity (Wildman–Crippen MR) is 107 cm³/mol. The van der Waals surface area contributed by atoms with E-state index >= 15 is 0 Å². The van der Waals surface area contributed by atoms with Gasteiger partial charge in [0.25, 0.3) is 0 Å². The Labute approximate surface area is 150 Å². The summed E-state index contributed by atoms with van der Waals surface area (Å²) in [5.41, 5.74) is 6.56. The van der Waals surface area contributed by atoms with Gasteiger partial charge in [0.15, 0.2) is 7.38 Å². The third-order valence-electron chi connectivity index (χ3n) is 5.31. The van der Waals surface area contributed by atoms with Crippen molar-refractivity contribution in [2.24, 2.45) is 0 Å². The molecule has 0 amide bonds. The quantitative estimate of drug-likeness (QED) is 0.253. The highest BCUT2D eigenvalue weighted by Crippen LogP contribution is 2.49. The number of hydrogen-bond acceptors (Lipinski definition) is 1. The van der Waals surface area contributed by atoms with Gasteiger partial charge in [0.2, 0.25) is 0 Å². The van der Waals surface area contributed by atoms with Gasteiger partial charge < -0.3 is 4.74 Å². The summed E-state index contributed by atoms with van der Waals surface area (Å²) in [5.74, 6) is 0. The zero-order chi connectivity index (χ0) is 17.8. The first kappa shape index (κ1) is 21.0. The average Bonchev–Trinajstić information content (AvgIpc) is 2.61. The number of unbranched alkanes of at least 4 members (excludes halogenated alkanes) is 3. The van der Waals surface area contributed by atoms with Crippen molar-refractivity contribution in [3.63, 3.8) is 0 Å². The highest BCUT2D eigenvalue weighted by Gasteiger charge is 2.40. The normalized spacial score (nSPS) is 19.7. The molecular formula is C20H37ClOSi. The Balaban J connectivity index is 2.37. The van der Waals surface area contributed by atoms with Crippen LogP contribution in [0.15, 0.2) is 22.3 Å². The second kappa shape index (κ2) is 8.36. The van der Waals surface area contributed by atoms with Crippen molar-refractivity contribution >= 4 is 18.5 Å². The number of halogens is 1. The Hall–Kier alpha value is -0.0531. The molecule has 0 spiro atoms. The van der Waals surface area contributed by atoms with E-state index in [0.29, 0.717) is 5.54 Å². The molecule has 0 aromatic rings. The van der Waals surface area contributed by atoms with E-state index in [-0.39, 0.29) is 5.60 Å². The minimum Gasteiger partial charge on any atom is -0.376 e. The second-order valence-corrected chi connectivity index (χ2v) is 14.7. The maximum atomic E-state index is 7.11. The Morgan fingerprint density at radius 3 is 1.87 bits per heavy atom.